The van der Waals surface area contributed by atoms with Crippen molar-refractivity contribution >= 4 is 33.5 Å². The van der Waals surface area contributed by atoms with Crippen LogP contribution in [0.2, 0.25) is 0 Å². The summed E-state index contributed by atoms with van der Waals surface area (Å²) < 4.78 is 5.79. The Morgan fingerprint density at radius 3 is 2.58 bits per heavy atom. The molecule has 0 saturated carbocycles. The summed E-state index contributed by atoms with van der Waals surface area (Å²) in [6.07, 6.45) is 5.15. The summed E-state index contributed by atoms with van der Waals surface area (Å²) in [6, 6.07) is 11.2. The van der Waals surface area contributed by atoms with Crippen molar-refractivity contribution in [1.29, 1.82) is 0 Å². The third-order valence-electron chi connectivity index (χ3n) is 2.56. The lowest BCUT2D eigenvalue weighted by Crippen LogP contribution is -2.03. The van der Waals surface area contributed by atoms with Gasteiger partial charge in [0.25, 0.3) is 0 Å². The van der Waals surface area contributed by atoms with Gasteiger partial charge in [0.15, 0.2) is 0 Å². The van der Waals surface area contributed by atoms with E-state index in [9.17, 15) is 4.79 Å². The van der Waals surface area contributed by atoms with Crippen LogP contribution in [0.15, 0.2) is 53.3 Å². The first-order valence-electron chi connectivity index (χ1n) is 5.66. The van der Waals surface area contributed by atoms with E-state index in [1.54, 1.807) is 18.5 Å². The van der Waals surface area contributed by atoms with Gasteiger partial charge in [0.1, 0.15) is 0 Å². The van der Waals surface area contributed by atoms with Gasteiger partial charge in [-0.1, -0.05) is 34.1 Å². The monoisotopic (exact) mass is 317 g/mol. The fourth-order valence-electron chi connectivity index (χ4n) is 1.63. The summed E-state index contributed by atoms with van der Waals surface area (Å²) in [6.45, 7) is 0. The molecule has 0 amide bonds. The minimum Gasteiger partial charge on any atom is -0.465 e. The Balaban J connectivity index is 2.45. The molecule has 0 aliphatic carbocycles. The predicted molar refractivity (Wildman–Crippen MR) is 78.3 cm³/mol. The molecular weight excluding hydrogens is 306 g/mol. The van der Waals surface area contributed by atoms with Crippen LogP contribution in [-0.2, 0) is 9.53 Å². The topological polar surface area (TPSA) is 39.2 Å². The van der Waals surface area contributed by atoms with Crippen LogP contribution < -0.4 is 0 Å². The van der Waals surface area contributed by atoms with Crippen LogP contribution in [0.4, 0.5) is 0 Å². The highest BCUT2D eigenvalue weighted by molar-refractivity contribution is 9.10. The zero-order chi connectivity index (χ0) is 13.7. The van der Waals surface area contributed by atoms with Crippen molar-refractivity contribution in [3.8, 4) is 0 Å². The molecule has 3 nitrogen and oxygen atoms in total. The number of benzene rings is 1. The molecule has 0 radical (unpaired) electrons. The normalized spacial score (nSPS) is 11.2. The number of carbonyl (C=O) groups excluding carboxylic acids is 1. The number of carbonyl (C=O) groups is 1. The fraction of sp³-hybridized carbons (Fsp3) is 0.0667. The molecule has 0 spiro atoms. The molecule has 0 aliphatic rings. The zero-order valence-corrected chi connectivity index (χ0v) is 11.9. The standard InChI is InChI=1S/C15H12BrNO2/c1-19-15(18)14(9-11-3-2-8-17-10-11)12-4-6-13(16)7-5-12/h2-10H,1H3/b14-9-. The lowest BCUT2D eigenvalue weighted by atomic mass is 10.0. The smallest absolute Gasteiger partial charge is 0.338 e. The number of pyridine rings is 1. The molecule has 0 unspecified atom stereocenters. The summed E-state index contributed by atoms with van der Waals surface area (Å²) in [5.74, 6) is -0.369. The van der Waals surface area contributed by atoms with Gasteiger partial charge in [-0.3, -0.25) is 4.98 Å². The average molecular weight is 318 g/mol. The second-order valence-corrected chi connectivity index (χ2v) is 4.76. The van der Waals surface area contributed by atoms with E-state index < -0.39 is 0 Å². The van der Waals surface area contributed by atoms with Gasteiger partial charge in [0.2, 0.25) is 0 Å². The number of aromatic nitrogens is 1. The number of halogens is 1. The summed E-state index contributed by atoms with van der Waals surface area (Å²) >= 11 is 3.37. The molecule has 0 atom stereocenters. The molecule has 1 aromatic heterocycles. The van der Waals surface area contributed by atoms with Gasteiger partial charge >= 0.3 is 5.97 Å². The Hall–Kier alpha value is -1.94. The van der Waals surface area contributed by atoms with E-state index in [1.165, 1.54) is 7.11 Å². The van der Waals surface area contributed by atoms with Gasteiger partial charge in [-0.25, -0.2) is 4.79 Å². The number of methoxy groups -OCH3 is 1. The minimum absolute atomic E-state index is 0.369. The maximum absolute atomic E-state index is 11.9. The molecule has 0 saturated heterocycles. The summed E-state index contributed by atoms with van der Waals surface area (Å²) in [5, 5.41) is 0. The molecule has 96 valence electrons. The summed E-state index contributed by atoms with van der Waals surface area (Å²) in [5.41, 5.74) is 2.16. The molecular formula is C15H12BrNO2. The van der Waals surface area contributed by atoms with Gasteiger partial charge in [-0.2, -0.15) is 0 Å². The SMILES string of the molecule is COC(=O)/C(=C\c1cccnc1)c1ccc(Br)cc1. The van der Waals surface area contributed by atoms with Crippen molar-refractivity contribution in [1.82, 2.24) is 4.98 Å². The molecule has 1 aromatic carbocycles. The van der Waals surface area contributed by atoms with Crippen molar-refractivity contribution in [2.45, 2.75) is 0 Å². The molecule has 1 heterocycles. The molecule has 0 N–H and O–H groups in total. The summed E-state index contributed by atoms with van der Waals surface area (Å²) in [4.78, 5) is 15.9. The number of esters is 1. The Bertz CT molecular complexity index is 591. The van der Waals surface area contributed by atoms with Crippen LogP contribution in [-0.4, -0.2) is 18.1 Å². The number of nitrogens with zero attached hydrogens (tertiary/aromatic N) is 1. The predicted octanol–water partition coefficient (Wildman–Crippen LogP) is 3.56. The molecule has 2 aromatic rings. The number of ether oxygens (including phenoxy) is 1. The van der Waals surface area contributed by atoms with Crippen LogP contribution >= 0.6 is 15.9 Å². The average Bonchev–Trinajstić information content (AvgIpc) is 2.46. The Morgan fingerprint density at radius 1 is 1.26 bits per heavy atom. The highest BCUT2D eigenvalue weighted by Gasteiger charge is 2.12. The van der Waals surface area contributed by atoms with Gasteiger partial charge in [0, 0.05) is 16.9 Å². The maximum atomic E-state index is 11.9. The summed E-state index contributed by atoms with van der Waals surface area (Å²) in [7, 11) is 1.37. The van der Waals surface area contributed by atoms with Gasteiger partial charge < -0.3 is 4.74 Å². The second-order valence-electron chi connectivity index (χ2n) is 3.84. The first-order chi connectivity index (χ1) is 9.20. The molecule has 19 heavy (non-hydrogen) atoms. The van der Waals surface area contributed by atoms with E-state index in [4.69, 9.17) is 4.74 Å². The Morgan fingerprint density at radius 2 is 2.00 bits per heavy atom. The quantitative estimate of drug-likeness (QED) is 0.642. The van der Waals surface area contributed by atoms with Crippen LogP contribution in [0, 0.1) is 0 Å². The molecule has 0 aliphatic heterocycles. The number of rotatable bonds is 3. The molecule has 0 fully saturated rings. The fourth-order valence-corrected chi connectivity index (χ4v) is 1.89. The van der Waals surface area contributed by atoms with Gasteiger partial charge in [0.05, 0.1) is 12.7 Å². The molecule has 0 bridgehead atoms. The van der Waals surface area contributed by atoms with E-state index in [0.29, 0.717) is 5.57 Å². The lowest BCUT2D eigenvalue weighted by Gasteiger charge is -2.06. The Kier molecular flexibility index (Phi) is 4.47. The molecule has 2 rings (SSSR count). The van der Waals surface area contributed by atoms with E-state index in [1.807, 2.05) is 36.4 Å². The lowest BCUT2D eigenvalue weighted by molar-refractivity contribution is -0.133. The third kappa shape index (κ3) is 3.51. The highest BCUT2D eigenvalue weighted by atomic mass is 79.9. The minimum atomic E-state index is -0.369. The van der Waals surface area contributed by atoms with E-state index in [0.717, 1.165) is 15.6 Å². The number of hydrogen-bond acceptors (Lipinski definition) is 3. The van der Waals surface area contributed by atoms with Crippen LogP contribution in [0.1, 0.15) is 11.1 Å². The largest absolute Gasteiger partial charge is 0.465 e. The van der Waals surface area contributed by atoms with E-state index >= 15 is 0 Å². The second kappa shape index (κ2) is 6.29. The third-order valence-corrected chi connectivity index (χ3v) is 3.08. The van der Waals surface area contributed by atoms with Crippen LogP contribution in [0.25, 0.3) is 11.6 Å². The van der Waals surface area contributed by atoms with Gasteiger partial charge in [-0.15, -0.1) is 0 Å². The van der Waals surface area contributed by atoms with Crippen molar-refractivity contribution in [3.05, 3.63) is 64.4 Å². The molecule has 4 heteroatoms. The van der Waals surface area contributed by atoms with Crippen molar-refractivity contribution in [3.63, 3.8) is 0 Å². The maximum Gasteiger partial charge on any atom is 0.338 e. The van der Waals surface area contributed by atoms with Crippen LogP contribution in [0.5, 0.6) is 0 Å². The first-order valence-corrected chi connectivity index (χ1v) is 6.46. The van der Waals surface area contributed by atoms with Crippen molar-refractivity contribution in [2.24, 2.45) is 0 Å². The number of hydrogen-bond donors (Lipinski definition) is 0. The van der Waals surface area contributed by atoms with E-state index in [-0.39, 0.29) is 5.97 Å². The van der Waals surface area contributed by atoms with Crippen molar-refractivity contribution < 1.29 is 9.53 Å². The van der Waals surface area contributed by atoms with Crippen LogP contribution in [0.3, 0.4) is 0 Å². The van der Waals surface area contributed by atoms with E-state index in [2.05, 4.69) is 20.9 Å². The highest BCUT2D eigenvalue weighted by Crippen LogP contribution is 2.21. The first kappa shape index (κ1) is 13.5. The Labute approximate surface area is 120 Å². The van der Waals surface area contributed by atoms with Crippen molar-refractivity contribution in [2.75, 3.05) is 7.11 Å². The zero-order valence-electron chi connectivity index (χ0n) is 10.3. The van der Waals surface area contributed by atoms with Gasteiger partial charge in [-0.05, 0) is 35.4 Å².